The van der Waals surface area contributed by atoms with Gasteiger partial charge in [0.2, 0.25) is 5.91 Å². The third-order valence-electron chi connectivity index (χ3n) is 3.14. The number of benzene rings is 1. The molecule has 1 aliphatic rings. The molecular formula is C14H17NO4. The van der Waals surface area contributed by atoms with Crippen LogP contribution in [0.25, 0.3) is 0 Å². The third-order valence-corrected chi connectivity index (χ3v) is 3.14. The summed E-state index contributed by atoms with van der Waals surface area (Å²) in [6.45, 7) is 0. The van der Waals surface area contributed by atoms with Gasteiger partial charge in [0, 0.05) is 5.92 Å². The summed E-state index contributed by atoms with van der Waals surface area (Å²) < 4.78 is 5.11. The minimum atomic E-state index is -0.941. The fourth-order valence-electron chi connectivity index (χ4n) is 1.92. The first kappa shape index (κ1) is 13.4. The van der Waals surface area contributed by atoms with E-state index in [4.69, 9.17) is 9.84 Å². The van der Waals surface area contributed by atoms with Crippen molar-refractivity contribution < 1.29 is 19.4 Å². The van der Waals surface area contributed by atoms with Crippen LogP contribution < -0.4 is 10.1 Å². The van der Waals surface area contributed by atoms with Crippen molar-refractivity contribution in [2.45, 2.75) is 25.3 Å². The highest BCUT2D eigenvalue weighted by atomic mass is 16.5. The molecule has 0 spiro atoms. The van der Waals surface area contributed by atoms with Crippen LogP contribution in [0.2, 0.25) is 0 Å². The average molecular weight is 263 g/mol. The van der Waals surface area contributed by atoms with Gasteiger partial charge in [-0.05, 0) is 30.5 Å². The SMILES string of the molecule is COc1cccc(C(CC(=O)O)NC(=O)C2CC2)c1. The highest BCUT2D eigenvalue weighted by Crippen LogP contribution is 2.30. The molecule has 1 fully saturated rings. The quantitative estimate of drug-likeness (QED) is 0.819. The first-order valence-electron chi connectivity index (χ1n) is 6.26. The normalized spacial score (nSPS) is 15.6. The Morgan fingerprint density at radius 3 is 2.79 bits per heavy atom. The summed E-state index contributed by atoms with van der Waals surface area (Å²) in [6.07, 6.45) is 1.65. The lowest BCUT2D eigenvalue weighted by Crippen LogP contribution is -2.31. The van der Waals surface area contributed by atoms with Gasteiger partial charge < -0.3 is 15.2 Å². The Bertz CT molecular complexity index is 482. The minimum absolute atomic E-state index is 0.0573. The number of carboxylic acids is 1. The third kappa shape index (κ3) is 3.71. The molecule has 2 N–H and O–H groups in total. The zero-order valence-corrected chi connectivity index (χ0v) is 10.8. The minimum Gasteiger partial charge on any atom is -0.497 e. The Morgan fingerprint density at radius 1 is 1.47 bits per heavy atom. The summed E-state index contributed by atoms with van der Waals surface area (Å²) in [7, 11) is 1.55. The number of rotatable bonds is 6. The van der Waals surface area contributed by atoms with E-state index in [2.05, 4.69) is 5.32 Å². The lowest BCUT2D eigenvalue weighted by molar-refractivity contribution is -0.137. The van der Waals surface area contributed by atoms with E-state index in [0.29, 0.717) is 5.75 Å². The maximum atomic E-state index is 11.8. The summed E-state index contributed by atoms with van der Waals surface area (Å²) in [6, 6.07) is 6.60. The standard InChI is InChI=1S/C14H17NO4/c1-19-11-4-2-3-10(7-11)12(8-13(16)17)15-14(18)9-5-6-9/h2-4,7,9,12H,5-6,8H2,1H3,(H,15,18)(H,16,17). The molecule has 2 rings (SSSR count). The Hall–Kier alpha value is -2.04. The molecule has 1 atom stereocenters. The van der Waals surface area contributed by atoms with Crippen molar-refractivity contribution in [1.82, 2.24) is 5.32 Å². The Balaban J connectivity index is 2.14. The van der Waals surface area contributed by atoms with Gasteiger partial charge in [-0.15, -0.1) is 0 Å². The summed E-state index contributed by atoms with van der Waals surface area (Å²) >= 11 is 0. The molecule has 1 aromatic carbocycles. The second kappa shape index (κ2) is 5.73. The fourth-order valence-corrected chi connectivity index (χ4v) is 1.92. The summed E-state index contributed by atoms with van der Waals surface area (Å²) in [5.74, 6) is -0.298. The van der Waals surface area contributed by atoms with Crippen molar-refractivity contribution in [2.24, 2.45) is 5.92 Å². The number of aliphatic carboxylic acids is 1. The van der Waals surface area contributed by atoms with Crippen LogP contribution in [0.15, 0.2) is 24.3 Å². The van der Waals surface area contributed by atoms with Crippen molar-refractivity contribution in [2.75, 3.05) is 7.11 Å². The molecule has 1 saturated carbocycles. The van der Waals surface area contributed by atoms with Gasteiger partial charge >= 0.3 is 5.97 Å². The number of nitrogens with one attached hydrogen (secondary N) is 1. The number of amides is 1. The van der Waals surface area contributed by atoms with Gasteiger partial charge in [-0.2, -0.15) is 0 Å². The zero-order chi connectivity index (χ0) is 13.8. The van der Waals surface area contributed by atoms with E-state index in [1.807, 2.05) is 0 Å². The van der Waals surface area contributed by atoms with Crippen molar-refractivity contribution in [3.05, 3.63) is 29.8 Å². The first-order chi connectivity index (χ1) is 9.10. The number of carboxylic acid groups (broad SMARTS) is 1. The van der Waals surface area contributed by atoms with E-state index in [0.717, 1.165) is 18.4 Å². The molecule has 0 saturated heterocycles. The lowest BCUT2D eigenvalue weighted by atomic mass is 10.0. The number of hydrogen-bond acceptors (Lipinski definition) is 3. The highest BCUT2D eigenvalue weighted by molar-refractivity contribution is 5.82. The van der Waals surface area contributed by atoms with Gasteiger partial charge in [0.15, 0.2) is 0 Å². The van der Waals surface area contributed by atoms with Crippen LogP contribution in [0.3, 0.4) is 0 Å². The Kier molecular flexibility index (Phi) is 4.04. The smallest absolute Gasteiger partial charge is 0.305 e. The molecule has 1 aliphatic carbocycles. The van der Waals surface area contributed by atoms with Crippen molar-refractivity contribution >= 4 is 11.9 Å². The molecule has 0 heterocycles. The molecule has 0 aromatic heterocycles. The molecule has 0 radical (unpaired) electrons. The maximum absolute atomic E-state index is 11.8. The van der Waals surface area contributed by atoms with E-state index in [-0.39, 0.29) is 18.2 Å². The topological polar surface area (TPSA) is 75.6 Å². The van der Waals surface area contributed by atoms with E-state index < -0.39 is 12.0 Å². The Morgan fingerprint density at radius 2 is 2.21 bits per heavy atom. The second-order valence-corrected chi connectivity index (χ2v) is 4.71. The van der Waals surface area contributed by atoms with Gasteiger partial charge in [0.25, 0.3) is 0 Å². The van der Waals surface area contributed by atoms with Crippen molar-refractivity contribution in [3.8, 4) is 5.75 Å². The number of ether oxygens (including phenoxy) is 1. The van der Waals surface area contributed by atoms with Crippen molar-refractivity contribution in [1.29, 1.82) is 0 Å². The summed E-state index contributed by atoms with van der Waals surface area (Å²) in [5.41, 5.74) is 0.746. The van der Waals surface area contributed by atoms with E-state index in [1.165, 1.54) is 0 Å². The first-order valence-corrected chi connectivity index (χ1v) is 6.26. The molecule has 0 bridgehead atoms. The van der Waals surface area contributed by atoms with Crippen LogP contribution in [0.4, 0.5) is 0 Å². The fraction of sp³-hybridized carbons (Fsp3) is 0.429. The van der Waals surface area contributed by atoms with Crippen LogP contribution in [0.1, 0.15) is 30.9 Å². The predicted octanol–water partition coefficient (Wildman–Crippen LogP) is 1.74. The van der Waals surface area contributed by atoms with Crippen molar-refractivity contribution in [3.63, 3.8) is 0 Å². The molecule has 102 valence electrons. The highest BCUT2D eigenvalue weighted by Gasteiger charge is 2.31. The number of hydrogen-bond donors (Lipinski definition) is 2. The molecule has 0 aliphatic heterocycles. The molecule has 5 heteroatoms. The second-order valence-electron chi connectivity index (χ2n) is 4.71. The van der Waals surface area contributed by atoms with Gasteiger partial charge in [0.05, 0.1) is 19.6 Å². The molecule has 1 amide bonds. The molecule has 1 aromatic rings. The van der Waals surface area contributed by atoms with Gasteiger partial charge in [-0.1, -0.05) is 12.1 Å². The monoisotopic (exact) mass is 263 g/mol. The number of carbonyl (C=O) groups excluding carboxylic acids is 1. The largest absolute Gasteiger partial charge is 0.497 e. The summed E-state index contributed by atoms with van der Waals surface area (Å²) in [5, 5.41) is 11.8. The van der Waals surface area contributed by atoms with Crippen LogP contribution in [-0.4, -0.2) is 24.1 Å². The van der Waals surface area contributed by atoms with E-state index in [9.17, 15) is 9.59 Å². The lowest BCUT2D eigenvalue weighted by Gasteiger charge is -2.18. The molecule has 19 heavy (non-hydrogen) atoms. The van der Waals surface area contributed by atoms with Crippen LogP contribution in [0, 0.1) is 5.92 Å². The molecular weight excluding hydrogens is 246 g/mol. The molecule has 5 nitrogen and oxygen atoms in total. The van der Waals surface area contributed by atoms with E-state index >= 15 is 0 Å². The predicted molar refractivity (Wildman–Crippen MR) is 68.9 cm³/mol. The van der Waals surface area contributed by atoms with Crippen LogP contribution in [0.5, 0.6) is 5.75 Å². The van der Waals surface area contributed by atoms with Crippen LogP contribution in [-0.2, 0) is 9.59 Å². The average Bonchev–Trinajstić information content (AvgIpc) is 3.21. The number of carbonyl (C=O) groups is 2. The van der Waals surface area contributed by atoms with Gasteiger partial charge in [-0.3, -0.25) is 9.59 Å². The maximum Gasteiger partial charge on any atom is 0.305 e. The van der Waals surface area contributed by atoms with Crippen LogP contribution >= 0.6 is 0 Å². The Labute approximate surface area is 111 Å². The number of methoxy groups -OCH3 is 1. The summed E-state index contributed by atoms with van der Waals surface area (Å²) in [4.78, 5) is 22.7. The van der Waals surface area contributed by atoms with Gasteiger partial charge in [0.1, 0.15) is 5.75 Å². The van der Waals surface area contributed by atoms with E-state index in [1.54, 1.807) is 31.4 Å². The molecule has 1 unspecified atom stereocenters. The van der Waals surface area contributed by atoms with Gasteiger partial charge in [-0.25, -0.2) is 0 Å². The zero-order valence-electron chi connectivity index (χ0n) is 10.8.